The Kier molecular flexibility index (Phi) is 3.40. The molecular weight excluding hydrogens is 338 g/mol. The first kappa shape index (κ1) is 15.5. The van der Waals surface area contributed by atoms with Crippen LogP contribution in [0.3, 0.4) is 0 Å². The lowest BCUT2D eigenvalue weighted by molar-refractivity contribution is -0.384. The quantitative estimate of drug-likeness (QED) is 0.411. The molecule has 0 saturated heterocycles. The Morgan fingerprint density at radius 3 is 2.60 bits per heavy atom. The van der Waals surface area contributed by atoms with Crippen molar-refractivity contribution in [1.82, 2.24) is 9.38 Å². The minimum absolute atomic E-state index is 0.0254. The average molecular weight is 351 g/mol. The number of imidazole rings is 1. The summed E-state index contributed by atoms with van der Waals surface area (Å²) in [5.74, 6) is 0. The molecule has 0 aliphatic heterocycles. The molecule has 0 unspecified atom stereocenters. The highest BCUT2D eigenvalue weighted by Crippen LogP contribution is 2.21. The maximum Gasteiger partial charge on any atom is 0.274 e. The Labute approximate surface area is 145 Å². The molecule has 0 saturated carbocycles. The third-order valence-electron chi connectivity index (χ3n) is 4.08. The van der Waals surface area contributed by atoms with E-state index in [0.717, 1.165) is 27.7 Å². The molecule has 0 aliphatic rings. The first-order valence-corrected chi connectivity index (χ1v) is 8.44. The van der Waals surface area contributed by atoms with Crippen molar-refractivity contribution in [3.63, 3.8) is 0 Å². The number of non-ortho nitro benzene ring substituents is 1. The number of nitro benzene ring substituents is 1. The molecule has 0 atom stereocenters. The van der Waals surface area contributed by atoms with Crippen LogP contribution in [0.4, 0.5) is 5.69 Å². The smallest absolute Gasteiger partial charge is 0.267 e. The first-order valence-electron chi connectivity index (χ1n) is 7.62. The molecule has 0 N–H and O–H groups in total. The Bertz CT molecular complexity index is 1250. The summed E-state index contributed by atoms with van der Waals surface area (Å²) in [6, 6.07) is 10.1. The van der Waals surface area contributed by atoms with Crippen LogP contribution in [0.25, 0.3) is 22.1 Å². The Morgan fingerprint density at radius 2 is 1.92 bits per heavy atom. The topological polar surface area (TPSA) is 77.5 Å². The van der Waals surface area contributed by atoms with Crippen LogP contribution in [-0.4, -0.2) is 14.3 Å². The van der Waals surface area contributed by atoms with Gasteiger partial charge in [-0.15, -0.1) is 0 Å². The largest absolute Gasteiger partial charge is 0.274 e. The summed E-state index contributed by atoms with van der Waals surface area (Å²) in [6.07, 6.45) is 1.74. The fraction of sp³-hybridized carbons (Fsp3) is 0.111. The number of hydrogen-bond donors (Lipinski definition) is 0. The van der Waals surface area contributed by atoms with Crippen LogP contribution in [0.15, 0.2) is 41.2 Å². The highest BCUT2D eigenvalue weighted by atomic mass is 32.1. The van der Waals surface area contributed by atoms with E-state index in [9.17, 15) is 14.9 Å². The summed E-state index contributed by atoms with van der Waals surface area (Å²) in [7, 11) is 0. The SMILES string of the molecule is Cc1cc(C)c2nc3sc(=Cc4ccc([N+](=O)[O-])cc4)c(=O)n3c2c1. The fourth-order valence-electron chi connectivity index (χ4n) is 2.95. The lowest BCUT2D eigenvalue weighted by atomic mass is 10.1. The third kappa shape index (κ3) is 2.49. The van der Waals surface area contributed by atoms with Crippen molar-refractivity contribution >= 4 is 39.1 Å². The predicted octanol–water partition coefficient (Wildman–Crippen LogP) is 2.98. The van der Waals surface area contributed by atoms with Crippen LogP contribution < -0.4 is 10.1 Å². The van der Waals surface area contributed by atoms with Crippen molar-refractivity contribution in [2.24, 2.45) is 0 Å². The van der Waals surface area contributed by atoms with Crippen LogP contribution >= 0.6 is 11.3 Å². The van der Waals surface area contributed by atoms with Gasteiger partial charge in [0.25, 0.3) is 11.2 Å². The van der Waals surface area contributed by atoms with Gasteiger partial charge in [-0.3, -0.25) is 14.9 Å². The fourth-order valence-corrected chi connectivity index (χ4v) is 3.93. The van der Waals surface area contributed by atoms with Gasteiger partial charge in [0.15, 0.2) is 4.96 Å². The number of thiazole rings is 1. The van der Waals surface area contributed by atoms with Gasteiger partial charge in [0.1, 0.15) is 0 Å². The molecule has 2 heterocycles. The van der Waals surface area contributed by atoms with Gasteiger partial charge < -0.3 is 0 Å². The molecule has 6 nitrogen and oxygen atoms in total. The van der Waals surface area contributed by atoms with Gasteiger partial charge >= 0.3 is 0 Å². The highest BCUT2D eigenvalue weighted by molar-refractivity contribution is 7.15. The van der Waals surface area contributed by atoms with Crippen LogP contribution in [0.2, 0.25) is 0 Å². The lowest BCUT2D eigenvalue weighted by Crippen LogP contribution is -2.22. The van der Waals surface area contributed by atoms with Crippen LogP contribution in [0, 0.1) is 24.0 Å². The normalized spacial score (nSPS) is 12.3. The summed E-state index contributed by atoms with van der Waals surface area (Å²) >= 11 is 1.32. The van der Waals surface area contributed by atoms with Crippen molar-refractivity contribution in [1.29, 1.82) is 0 Å². The summed E-state index contributed by atoms with van der Waals surface area (Å²) in [4.78, 5) is 28.3. The Hall–Kier alpha value is -3.06. The van der Waals surface area contributed by atoms with Gasteiger partial charge in [-0.2, -0.15) is 0 Å². The molecule has 0 fully saturated rings. The molecule has 0 bridgehead atoms. The van der Waals surface area contributed by atoms with Crippen molar-refractivity contribution < 1.29 is 4.92 Å². The number of hydrogen-bond acceptors (Lipinski definition) is 5. The summed E-state index contributed by atoms with van der Waals surface area (Å²) < 4.78 is 2.19. The second kappa shape index (κ2) is 5.49. The lowest BCUT2D eigenvalue weighted by Gasteiger charge is -1.97. The molecule has 4 rings (SSSR count). The zero-order valence-corrected chi connectivity index (χ0v) is 14.3. The molecule has 0 spiro atoms. The molecule has 0 amide bonds. The summed E-state index contributed by atoms with van der Waals surface area (Å²) in [6.45, 7) is 3.98. The molecule has 124 valence electrons. The number of nitrogens with zero attached hydrogens (tertiary/aromatic N) is 3. The zero-order chi connectivity index (χ0) is 17.7. The van der Waals surface area contributed by atoms with Gasteiger partial charge in [-0.25, -0.2) is 9.38 Å². The summed E-state index contributed by atoms with van der Waals surface area (Å²) in [5, 5.41) is 10.7. The number of aryl methyl sites for hydroxylation is 2. The maximum atomic E-state index is 12.8. The second-order valence-electron chi connectivity index (χ2n) is 5.94. The van der Waals surface area contributed by atoms with E-state index in [2.05, 4.69) is 4.98 Å². The van der Waals surface area contributed by atoms with E-state index < -0.39 is 4.92 Å². The van der Waals surface area contributed by atoms with Gasteiger partial charge in [0.05, 0.1) is 20.5 Å². The van der Waals surface area contributed by atoms with E-state index in [1.807, 2.05) is 26.0 Å². The molecular formula is C18H13N3O3S. The van der Waals surface area contributed by atoms with E-state index in [1.54, 1.807) is 22.6 Å². The van der Waals surface area contributed by atoms with Gasteiger partial charge in [0, 0.05) is 12.1 Å². The van der Waals surface area contributed by atoms with Crippen LogP contribution in [0.5, 0.6) is 0 Å². The standard InChI is InChI=1S/C18H13N3O3S/c1-10-7-11(2)16-14(8-10)20-17(22)15(25-18(20)19-16)9-12-3-5-13(6-4-12)21(23)24/h3-9H,1-2H3. The van der Waals surface area contributed by atoms with Gasteiger partial charge in [-0.1, -0.05) is 17.4 Å². The van der Waals surface area contributed by atoms with Crippen LogP contribution in [0.1, 0.15) is 16.7 Å². The Balaban J connectivity index is 1.93. The van der Waals surface area contributed by atoms with Crippen molar-refractivity contribution in [3.05, 3.63) is 78.1 Å². The van der Waals surface area contributed by atoms with Crippen molar-refractivity contribution in [2.45, 2.75) is 13.8 Å². The van der Waals surface area contributed by atoms with E-state index in [-0.39, 0.29) is 11.2 Å². The Morgan fingerprint density at radius 1 is 1.20 bits per heavy atom. The molecule has 2 aromatic heterocycles. The monoisotopic (exact) mass is 351 g/mol. The number of rotatable bonds is 2. The van der Waals surface area contributed by atoms with Crippen molar-refractivity contribution in [3.8, 4) is 0 Å². The highest BCUT2D eigenvalue weighted by Gasteiger charge is 2.13. The zero-order valence-electron chi connectivity index (χ0n) is 13.5. The number of benzene rings is 2. The second-order valence-corrected chi connectivity index (χ2v) is 6.95. The number of fused-ring (bicyclic) bond motifs is 3. The van der Waals surface area contributed by atoms with E-state index in [4.69, 9.17) is 0 Å². The maximum absolute atomic E-state index is 12.8. The molecule has 25 heavy (non-hydrogen) atoms. The van der Waals surface area contributed by atoms with Gasteiger partial charge in [0.2, 0.25) is 0 Å². The number of aromatic nitrogens is 2. The van der Waals surface area contributed by atoms with Crippen LogP contribution in [-0.2, 0) is 0 Å². The van der Waals surface area contributed by atoms with E-state index >= 15 is 0 Å². The first-order chi connectivity index (χ1) is 11.9. The minimum atomic E-state index is -0.446. The molecule has 0 aliphatic carbocycles. The van der Waals surface area contributed by atoms with E-state index in [1.165, 1.54) is 23.5 Å². The summed E-state index contributed by atoms with van der Waals surface area (Å²) in [5.41, 5.74) is 4.43. The van der Waals surface area contributed by atoms with Gasteiger partial charge in [-0.05, 0) is 54.8 Å². The minimum Gasteiger partial charge on any atom is -0.267 e. The third-order valence-corrected chi connectivity index (χ3v) is 5.05. The number of nitro groups is 1. The molecule has 2 aromatic carbocycles. The molecule has 4 aromatic rings. The van der Waals surface area contributed by atoms with Crippen molar-refractivity contribution in [2.75, 3.05) is 0 Å². The van der Waals surface area contributed by atoms with E-state index in [0.29, 0.717) is 9.49 Å². The molecule has 7 heteroatoms. The molecule has 0 radical (unpaired) electrons. The predicted molar refractivity (Wildman–Crippen MR) is 98.2 cm³/mol. The average Bonchev–Trinajstić information content (AvgIpc) is 3.06.